The predicted octanol–water partition coefficient (Wildman–Crippen LogP) is -1.07. The number of hydrogen-bond donors (Lipinski definition) is 8. The largest absolute Gasteiger partial charge is 0.504 e. The van der Waals surface area contributed by atoms with Crippen LogP contribution < -0.4 is 24.4 Å². The van der Waals surface area contributed by atoms with Gasteiger partial charge in [-0.1, -0.05) is 0 Å². The van der Waals surface area contributed by atoms with Crippen molar-refractivity contribution in [2.45, 2.75) is 68.3 Å². The summed E-state index contributed by atoms with van der Waals surface area (Å²) in [4.78, 5) is 13.6. The Balaban J connectivity index is 1.59. The molecule has 1 aromatic heterocycles. The molecule has 0 radical (unpaired) electrons. The molecule has 17 nitrogen and oxygen atoms in total. The summed E-state index contributed by atoms with van der Waals surface area (Å²) < 4.78 is 44.7. The van der Waals surface area contributed by atoms with Gasteiger partial charge in [-0.15, -0.1) is 0 Å². The van der Waals surface area contributed by atoms with Crippen LogP contribution >= 0.6 is 0 Å². The number of fused-ring (bicyclic) bond motifs is 1. The molecule has 5 rings (SSSR count). The molecular formula is C30H36O17. The van der Waals surface area contributed by atoms with E-state index in [2.05, 4.69) is 0 Å². The molecule has 2 aliphatic rings. The monoisotopic (exact) mass is 668 g/mol. The highest BCUT2D eigenvalue weighted by Crippen LogP contribution is 2.45. The predicted molar refractivity (Wildman–Crippen MR) is 157 cm³/mol. The lowest BCUT2D eigenvalue weighted by Crippen LogP contribution is -2.64. The van der Waals surface area contributed by atoms with E-state index in [1.165, 1.54) is 39.3 Å². The smallest absolute Gasteiger partial charge is 0.239 e. The van der Waals surface area contributed by atoms with Gasteiger partial charge < -0.3 is 78.4 Å². The summed E-state index contributed by atoms with van der Waals surface area (Å²) in [6.07, 6.45) is -16.0. The summed E-state index contributed by atoms with van der Waals surface area (Å²) in [5.41, 5.74) is -0.783. The molecule has 0 amide bonds. The molecule has 2 aliphatic heterocycles. The lowest BCUT2D eigenvalue weighted by atomic mass is 9.97. The normalized spacial score (nSPS) is 31.0. The number of phenols is 2. The fraction of sp³-hybridized carbons (Fsp3) is 0.500. The summed E-state index contributed by atoms with van der Waals surface area (Å²) in [6, 6.07) is 5.29. The fourth-order valence-electron chi connectivity index (χ4n) is 5.46. The third kappa shape index (κ3) is 6.13. The van der Waals surface area contributed by atoms with E-state index in [4.69, 9.17) is 37.6 Å². The van der Waals surface area contributed by atoms with Crippen molar-refractivity contribution in [3.05, 3.63) is 34.5 Å². The van der Waals surface area contributed by atoms with E-state index < -0.39 is 84.9 Å². The van der Waals surface area contributed by atoms with Gasteiger partial charge in [0.1, 0.15) is 47.6 Å². The summed E-state index contributed by atoms with van der Waals surface area (Å²) in [5, 5.41) is 83.0. The van der Waals surface area contributed by atoms with Gasteiger partial charge in [0.15, 0.2) is 41.2 Å². The van der Waals surface area contributed by atoms with Gasteiger partial charge >= 0.3 is 0 Å². The van der Waals surface area contributed by atoms with Crippen molar-refractivity contribution in [3.63, 3.8) is 0 Å². The van der Waals surface area contributed by atoms with Crippen LogP contribution in [0.15, 0.2) is 33.5 Å². The minimum absolute atomic E-state index is 0.0667. The van der Waals surface area contributed by atoms with E-state index in [9.17, 15) is 45.6 Å². The van der Waals surface area contributed by atoms with Crippen molar-refractivity contribution in [2.75, 3.05) is 27.9 Å². The Morgan fingerprint density at radius 2 is 1.49 bits per heavy atom. The third-order valence-electron chi connectivity index (χ3n) is 8.05. The first kappa shape index (κ1) is 34.4. The van der Waals surface area contributed by atoms with Crippen LogP contribution in [0.25, 0.3) is 22.3 Å². The van der Waals surface area contributed by atoms with Gasteiger partial charge in [0.2, 0.25) is 23.2 Å². The first-order valence-corrected chi connectivity index (χ1v) is 14.3. The van der Waals surface area contributed by atoms with E-state index in [-0.39, 0.29) is 45.3 Å². The zero-order valence-corrected chi connectivity index (χ0v) is 25.5. The number of phenolic OH excluding ortho intramolecular Hbond substituents is 2. The van der Waals surface area contributed by atoms with Crippen molar-refractivity contribution in [2.24, 2.45) is 0 Å². The van der Waals surface area contributed by atoms with Crippen LogP contribution in [0.3, 0.4) is 0 Å². The fourth-order valence-corrected chi connectivity index (χ4v) is 5.46. The van der Waals surface area contributed by atoms with Crippen LogP contribution in [0.4, 0.5) is 0 Å². The molecule has 47 heavy (non-hydrogen) atoms. The number of aromatic hydroxyl groups is 2. The lowest BCUT2D eigenvalue weighted by molar-refractivity contribution is -0.354. The van der Waals surface area contributed by atoms with Gasteiger partial charge in [-0.25, -0.2) is 0 Å². The van der Waals surface area contributed by atoms with Crippen LogP contribution in [0.2, 0.25) is 0 Å². The number of ether oxygens (including phenoxy) is 7. The summed E-state index contributed by atoms with van der Waals surface area (Å²) >= 11 is 0. The molecule has 8 N–H and O–H groups in total. The Morgan fingerprint density at radius 3 is 2.13 bits per heavy atom. The van der Waals surface area contributed by atoms with E-state index in [1.54, 1.807) is 0 Å². The molecular weight excluding hydrogens is 632 g/mol. The third-order valence-corrected chi connectivity index (χ3v) is 8.05. The van der Waals surface area contributed by atoms with Gasteiger partial charge in [-0.2, -0.15) is 0 Å². The Hall–Kier alpha value is -3.91. The van der Waals surface area contributed by atoms with Gasteiger partial charge in [-0.3, -0.25) is 4.79 Å². The molecule has 2 aromatic carbocycles. The highest BCUT2D eigenvalue weighted by molar-refractivity contribution is 5.91. The lowest BCUT2D eigenvalue weighted by Gasteiger charge is -2.45. The summed E-state index contributed by atoms with van der Waals surface area (Å²) in [6.45, 7) is 0.631. The van der Waals surface area contributed by atoms with Crippen molar-refractivity contribution in [3.8, 4) is 45.8 Å². The molecule has 2 saturated heterocycles. The number of methoxy groups -OCH3 is 3. The van der Waals surface area contributed by atoms with Crippen LogP contribution in [-0.2, 0) is 14.2 Å². The number of rotatable bonds is 9. The van der Waals surface area contributed by atoms with Crippen molar-refractivity contribution < 1.29 is 78.4 Å². The second kappa shape index (κ2) is 13.7. The maximum atomic E-state index is 13.6. The van der Waals surface area contributed by atoms with Gasteiger partial charge in [0, 0.05) is 11.6 Å². The first-order valence-electron chi connectivity index (χ1n) is 14.3. The molecule has 0 unspecified atom stereocenters. The number of hydrogen-bond acceptors (Lipinski definition) is 17. The standard InChI is InChI=1S/C30H36O17/c1-10-18(33)22(37)24(39)29(43-10)47-28-23(38)19(34)16(9-31)46-30(28)45-15-8-14-17(20(35)26(15)41-3)21(36)27(42-4)25(44-14)11-5-6-12(32)13(7-11)40-2/h5-8,10,16,18-19,22-24,28-35,37-39H,9H2,1-4H3/t10-,16+,18+,19+,22+,23+,24-,28+,29+,30-/m1/s1. The number of aliphatic hydroxyl groups is 6. The van der Waals surface area contributed by atoms with Gasteiger partial charge in [-0.05, 0) is 25.1 Å². The Labute approximate surface area is 266 Å². The minimum Gasteiger partial charge on any atom is -0.504 e. The van der Waals surface area contributed by atoms with E-state index >= 15 is 0 Å². The topological polar surface area (TPSA) is 257 Å². The molecule has 3 heterocycles. The zero-order valence-electron chi connectivity index (χ0n) is 25.5. The zero-order chi connectivity index (χ0) is 34.3. The van der Waals surface area contributed by atoms with E-state index in [0.717, 1.165) is 13.2 Å². The molecule has 258 valence electrons. The molecule has 3 aromatic rings. The van der Waals surface area contributed by atoms with Crippen LogP contribution in [0.5, 0.6) is 34.5 Å². The molecule has 0 saturated carbocycles. The van der Waals surface area contributed by atoms with E-state index in [1.807, 2.05) is 0 Å². The quantitative estimate of drug-likeness (QED) is 0.135. The maximum Gasteiger partial charge on any atom is 0.239 e. The Morgan fingerprint density at radius 1 is 0.787 bits per heavy atom. The highest BCUT2D eigenvalue weighted by atomic mass is 16.8. The van der Waals surface area contributed by atoms with Crippen molar-refractivity contribution in [1.29, 1.82) is 0 Å². The molecule has 0 spiro atoms. The average Bonchev–Trinajstić information content (AvgIpc) is 3.05. The summed E-state index contributed by atoms with van der Waals surface area (Å²) in [5.74, 6) is -1.96. The Bertz CT molecular complexity index is 1640. The summed E-state index contributed by atoms with van der Waals surface area (Å²) in [7, 11) is 3.71. The van der Waals surface area contributed by atoms with Crippen molar-refractivity contribution >= 4 is 11.0 Å². The highest BCUT2D eigenvalue weighted by Gasteiger charge is 2.51. The molecule has 17 heteroatoms. The number of benzene rings is 2. The molecule has 10 atom stereocenters. The van der Waals surface area contributed by atoms with Crippen molar-refractivity contribution in [1.82, 2.24) is 0 Å². The van der Waals surface area contributed by atoms with Gasteiger partial charge in [0.25, 0.3) is 0 Å². The molecule has 2 fully saturated rings. The average molecular weight is 669 g/mol. The first-order chi connectivity index (χ1) is 22.4. The van der Waals surface area contributed by atoms with Crippen LogP contribution in [0, 0.1) is 0 Å². The van der Waals surface area contributed by atoms with Gasteiger partial charge in [0.05, 0.1) is 34.0 Å². The van der Waals surface area contributed by atoms with Crippen LogP contribution in [0.1, 0.15) is 6.92 Å². The van der Waals surface area contributed by atoms with E-state index in [0.29, 0.717) is 0 Å². The number of aliphatic hydroxyl groups excluding tert-OH is 6. The second-order valence-electron chi connectivity index (χ2n) is 10.9. The minimum atomic E-state index is -1.83. The molecule has 0 bridgehead atoms. The maximum absolute atomic E-state index is 13.6. The van der Waals surface area contributed by atoms with Crippen LogP contribution in [-0.4, -0.2) is 130 Å². The SMILES string of the molecule is COc1cc(-c2oc3cc(O[C@@H]4O[C@@H](CO)[C@H](O)[C@H](O)[C@@H]4O[C@@H]4O[C@H](C)[C@H](O)[C@H](O)[C@H]4O)c(OC)c(O)c3c(=O)c2OC)ccc1O. The Kier molecular flexibility index (Phi) is 10.0. The molecule has 0 aliphatic carbocycles. The second-order valence-corrected chi connectivity index (χ2v) is 10.9.